The van der Waals surface area contributed by atoms with Gasteiger partial charge in [0.1, 0.15) is 0 Å². The second kappa shape index (κ2) is 8.00. The first-order valence-electron chi connectivity index (χ1n) is 12.6. The largest absolute Gasteiger partial charge is 0.478 e. The second-order valence-electron chi connectivity index (χ2n) is 11.3. The van der Waals surface area contributed by atoms with Gasteiger partial charge in [0.25, 0.3) is 0 Å². The van der Waals surface area contributed by atoms with Crippen molar-refractivity contribution in [2.24, 2.45) is 28.6 Å². The second-order valence-corrected chi connectivity index (χ2v) is 11.3. The van der Waals surface area contributed by atoms with E-state index >= 15 is 4.39 Å². The predicted molar refractivity (Wildman–Crippen MR) is 124 cm³/mol. The van der Waals surface area contributed by atoms with Gasteiger partial charge in [-0.2, -0.15) is 0 Å². The van der Waals surface area contributed by atoms with Crippen LogP contribution >= 0.6 is 0 Å². The summed E-state index contributed by atoms with van der Waals surface area (Å²) in [5, 5.41) is 22.0. The molecule has 3 fully saturated rings. The van der Waals surface area contributed by atoms with Crippen molar-refractivity contribution in [2.45, 2.75) is 96.9 Å². The molecule has 188 valence electrons. The van der Waals surface area contributed by atoms with Crippen LogP contribution in [0.25, 0.3) is 0 Å². The van der Waals surface area contributed by atoms with Crippen LogP contribution in [0.5, 0.6) is 0 Å². The number of hydrogen-bond donors (Lipinski definition) is 2. The highest BCUT2D eigenvalue weighted by Gasteiger charge is 2.78. The van der Waals surface area contributed by atoms with E-state index in [9.17, 15) is 24.6 Å². The summed E-state index contributed by atoms with van der Waals surface area (Å²) >= 11 is 0. The molecule has 0 aromatic rings. The zero-order valence-corrected chi connectivity index (χ0v) is 20.8. The van der Waals surface area contributed by atoms with E-state index in [1.807, 2.05) is 13.8 Å². The molecule has 4 aliphatic rings. The summed E-state index contributed by atoms with van der Waals surface area (Å²) in [7, 11) is 0. The van der Waals surface area contributed by atoms with E-state index in [1.54, 1.807) is 20.8 Å². The molecule has 7 heteroatoms. The van der Waals surface area contributed by atoms with Crippen molar-refractivity contribution < 1.29 is 33.7 Å². The van der Waals surface area contributed by atoms with E-state index < -0.39 is 57.9 Å². The van der Waals surface area contributed by atoms with E-state index in [4.69, 9.17) is 4.74 Å². The SMILES string of the molecule is CCCC1=CC(=O)C=C2CCC3C4C[C@H](C)[C@](OC(=O)CC)(C(=O)O)C4(C)C[C@H](O)C3(F)C12C. The third kappa shape index (κ3) is 2.85. The number of fused-ring (bicyclic) bond motifs is 5. The zero-order chi connectivity index (χ0) is 25.3. The van der Waals surface area contributed by atoms with E-state index in [-0.39, 0.29) is 18.6 Å². The van der Waals surface area contributed by atoms with Crippen LogP contribution in [0.4, 0.5) is 4.39 Å². The monoisotopic (exact) mass is 476 g/mol. The van der Waals surface area contributed by atoms with Crippen molar-refractivity contribution in [2.75, 3.05) is 0 Å². The van der Waals surface area contributed by atoms with Gasteiger partial charge < -0.3 is 14.9 Å². The molecule has 34 heavy (non-hydrogen) atoms. The Bertz CT molecular complexity index is 986. The van der Waals surface area contributed by atoms with Gasteiger partial charge in [0.2, 0.25) is 5.60 Å². The molecular formula is C27H37FO6. The highest BCUT2D eigenvalue weighted by molar-refractivity contribution is 6.02. The molecule has 0 aliphatic heterocycles. The average Bonchev–Trinajstić information content (AvgIpc) is 2.98. The number of aliphatic hydroxyl groups excluding tert-OH is 1. The van der Waals surface area contributed by atoms with Crippen molar-refractivity contribution in [3.8, 4) is 0 Å². The molecule has 0 aromatic heterocycles. The molecule has 5 unspecified atom stereocenters. The summed E-state index contributed by atoms with van der Waals surface area (Å²) in [6.07, 6.45) is 4.10. The van der Waals surface area contributed by atoms with Crippen LogP contribution in [-0.4, -0.2) is 45.3 Å². The van der Waals surface area contributed by atoms with Gasteiger partial charge in [-0.05, 0) is 57.1 Å². The molecule has 4 rings (SSSR count). The molecule has 8 atom stereocenters. The van der Waals surface area contributed by atoms with Crippen LogP contribution in [0.1, 0.15) is 79.6 Å². The van der Waals surface area contributed by atoms with Gasteiger partial charge in [-0.15, -0.1) is 0 Å². The Kier molecular flexibility index (Phi) is 5.91. The van der Waals surface area contributed by atoms with Crippen LogP contribution in [-0.2, 0) is 19.1 Å². The fourth-order valence-electron chi connectivity index (χ4n) is 8.33. The van der Waals surface area contributed by atoms with Gasteiger partial charge in [-0.1, -0.05) is 45.3 Å². The Labute approximate surface area is 200 Å². The van der Waals surface area contributed by atoms with E-state index in [0.29, 0.717) is 31.3 Å². The normalized spacial score (nSPS) is 45.4. The lowest BCUT2D eigenvalue weighted by atomic mass is 9.43. The van der Waals surface area contributed by atoms with E-state index in [2.05, 4.69) is 0 Å². The fraction of sp³-hybridized carbons (Fsp3) is 0.741. The van der Waals surface area contributed by atoms with E-state index in [1.165, 1.54) is 12.2 Å². The molecular weight excluding hydrogens is 439 g/mol. The molecule has 6 nitrogen and oxygen atoms in total. The zero-order valence-electron chi connectivity index (χ0n) is 20.8. The first-order chi connectivity index (χ1) is 15.8. The average molecular weight is 477 g/mol. The maximum atomic E-state index is 17.7. The Morgan fingerprint density at radius 3 is 2.47 bits per heavy atom. The molecule has 3 saturated carbocycles. The quantitative estimate of drug-likeness (QED) is 0.565. The van der Waals surface area contributed by atoms with Crippen molar-refractivity contribution in [1.82, 2.24) is 0 Å². The van der Waals surface area contributed by atoms with Gasteiger partial charge in [0.05, 0.1) is 6.10 Å². The molecule has 0 radical (unpaired) electrons. The summed E-state index contributed by atoms with van der Waals surface area (Å²) in [4.78, 5) is 37.5. The number of halogens is 1. The molecule has 0 heterocycles. The third-order valence-electron chi connectivity index (χ3n) is 9.90. The van der Waals surface area contributed by atoms with Gasteiger partial charge in [-0.3, -0.25) is 9.59 Å². The Morgan fingerprint density at radius 2 is 1.88 bits per heavy atom. The summed E-state index contributed by atoms with van der Waals surface area (Å²) < 4.78 is 23.4. The molecule has 2 N–H and O–H groups in total. The number of ketones is 1. The maximum absolute atomic E-state index is 17.7. The number of carboxylic acid groups (broad SMARTS) is 1. The smallest absolute Gasteiger partial charge is 0.349 e. The number of allylic oxidation sites excluding steroid dienone is 4. The number of hydrogen-bond acceptors (Lipinski definition) is 5. The summed E-state index contributed by atoms with van der Waals surface area (Å²) in [6.45, 7) is 8.91. The number of aliphatic carboxylic acids is 1. The molecule has 0 aromatic carbocycles. The first kappa shape index (κ1) is 25.1. The summed E-state index contributed by atoms with van der Waals surface area (Å²) in [5.41, 5.74) is -4.70. The number of esters is 1. The number of aliphatic hydroxyl groups is 1. The number of carboxylic acids is 1. The third-order valence-corrected chi connectivity index (χ3v) is 9.90. The van der Waals surface area contributed by atoms with Crippen LogP contribution < -0.4 is 0 Å². The topological polar surface area (TPSA) is 101 Å². The lowest BCUT2D eigenvalue weighted by Crippen LogP contribution is -2.70. The molecule has 0 amide bonds. The highest BCUT2D eigenvalue weighted by Crippen LogP contribution is 2.72. The minimum absolute atomic E-state index is 0.0347. The predicted octanol–water partition coefficient (Wildman–Crippen LogP) is 4.55. The standard InChI is InChI=1S/C27H37FO6/c1-6-8-16-12-18(29)13-17-9-10-19-20-11-15(3)27(23(32)33,34-22(31)7-2)24(20,4)14-21(30)26(19,28)25(16,17)5/h12-13,15,19-21,30H,6-11,14H2,1-5H3,(H,32,33)/t15-,19?,20?,21-,24?,25?,26?,27-/m0/s1. The maximum Gasteiger partial charge on any atom is 0.349 e. The molecule has 0 saturated heterocycles. The van der Waals surface area contributed by atoms with Gasteiger partial charge in [-0.25, -0.2) is 9.18 Å². The summed E-state index contributed by atoms with van der Waals surface area (Å²) in [5.74, 6) is -3.53. The van der Waals surface area contributed by atoms with Crippen LogP contribution in [0.3, 0.4) is 0 Å². The van der Waals surface area contributed by atoms with Gasteiger partial charge in [0, 0.05) is 29.1 Å². The number of carbonyl (C=O) groups is 3. The molecule has 0 bridgehead atoms. The number of carbonyl (C=O) groups excluding carboxylic acids is 2. The lowest BCUT2D eigenvalue weighted by Gasteiger charge is -2.63. The Balaban J connectivity index is 1.87. The highest BCUT2D eigenvalue weighted by atomic mass is 19.1. The fourth-order valence-corrected chi connectivity index (χ4v) is 8.33. The van der Waals surface area contributed by atoms with Crippen molar-refractivity contribution in [1.29, 1.82) is 0 Å². The minimum atomic E-state index is -2.05. The first-order valence-corrected chi connectivity index (χ1v) is 12.6. The minimum Gasteiger partial charge on any atom is -0.478 e. The van der Waals surface area contributed by atoms with E-state index in [0.717, 1.165) is 12.0 Å². The number of alkyl halides is 1. The van der Waals surface area contributed by atoms with Crippen molar-refractivity contribution >= 4 is 17.7 Å². The van der Waals surface area contributed by atoms with Gasteiger partial charge >= 0.3 is 11.9 Å². The Hall–Kier alpha value is -2.02. The van der Waals surface area contributed by atoms with Crippen LogP contribution in [0.15, 0.2) is 23.3 Å². The van der Waals surface area contributed by atoms with Crippen LogP contribution in [0.2, 0.25) is 0 Å². The number of rotatable bonds is 5. The lowest BCUT2D eigenvalue weighted by molar-refractivity contribution is -0.235. The number of ether oxygens (including phenoxy) is 1. The summed E-state index contributed by atoms with van der Waals surface area (Å²) in [6, 6.07) is 0. The molecule has 4 aliphatic carbocycles. The molecule has 0 spiro atoms. The van der Waals surface area contributed by atoms with Crippen molar-refractivity contribution in [3.05, 3.63) is 23.3 Å². The van der Waals surface area contributed by atoms with Crippen molar-refractivity contribution in [3.63, 3.8) is 0 Å². The van der Waals surface area contributed by atoms with Gasteiger partial charge in [0.15, 0.2) is 11.5 Å². The van der Waals surface area contributed by atoms with Crippen LogP contribution in [0, 0.1) is 28.6 Å². The Morgan fingerprint density at radius 1 is 1.21 bits per heavy atom.